The maximum atomic E-state index is 5.86. The molecular weight excluding hydrogens is 210 g/mol. The summed E-state index contributed by atoms with van der Waals surface area (Å²) >= 11 is 5.86. The highest BCUT2D eigenvalue weighted by molar-refractivity contribution is 6.29. The zero-order valence-electron chi connectivity index (χ0n) is 8.99. The predicted octanol–water partition coefficient (Wildman–Crippen LogP) is 2.76. The lowest BCUT2D eigenvalue weighted by Crippen LogP contribution is -2.25. The van der Waals surface area contributed by atoms with Crippen molar-refractivity contribution in [2.75, 3.05) is 18.0 Å². The van der Waals surface area contributed by atoms with Crippen LogP contribution in [0.25, 0.3) is 0 Å². The van der Waals surface area contributed by atoms with E-state index in [2.05, 4.69) is 21.8 Å². The monoisotopic (exact) mass is 225 g/mol. The fourth-order valence-corrected chi connectivity index (χ4v) is 2.13. The Morgan fingerprint density at radius 3 is 3.00 bits per heavy atom. The van der Waals surface area contributed by atoms with Gasteiger partial charge in [-0.05, 0) is 25.2 Å². The van der Waals surface area contributed by atoms with Crippen LogP contribution in [0.5, 0.6) is 0 Å². The summed E-state index contributed by atoms with van der Waals surface area (Å²) in [6.45, 7) is 4.47. The van der Waals surface area contributed by atoms with Crippen molar-refractivity contribution in [2.45, 2.75) is 26.2 Å². The molecule has 0 amide bonds. The van der Waals surface area contributed by atoms with Crippen molar-refractivity contribution in [1.82, 2.24) is 9.97 Å². The van der Waals surface area contributed by atoms with Gasteiger partial charge in [0.05, 0.1) is 0 Å². The van der Waals surface area contributed by atoms with Gasteiger partial charge in [0.25, 0.3) is 0 Å². The summed E-state index contributed by atoms with van der Waals surface area (Å²) in [4.78, 5) is 10.5. The third-order valence-electron chi connectivity index (χ3n) is 2.96. The molecule has 15 heavy (non-hydrogen) atoms. The zero-order valence-corrected chi connectivity index (χ0v) is 9.74. The Hall–Kier alpha value is -0.830. The third kappa shape index (κ3) is 2.81. The van der Waals surface area contributed by atoms with Crippen LogP contribution in [-0.2, 0) is 0 Å². The third-order valence-corrected chi connectivity index (χ3v) is 3.17. The Morgan fingerprint density at radius 2 is 2.20 bits per heavy atom. The lowest BCUT2D eigenvalue weighted by atomic mass is 10.0. The molecule has 1 saturated heterocycles. The smallest absolute Gasteiger partial charge is 0.134 e. The molecule has 1 aliphatic heterocycles. The maximum Gasteiger partial charge on any atom is 0.134 e. The summed E-state index contributed by atoms with van der Waals surface area (Å²) in [6, 6.07) is 1.84. The van der Waals surface area contributed by atoms with Crippen LogP contribution in [0.4, 0.5) is 5.82 Å². The van der Waals surface area contributed by atoms with Gasteiger partial charge in [-0.1, -0.05) is 18.5 Å². The summed E-state index contributed by atoms with van der Waals surface area (Å²) in [7, 11) is 0. The van der Waals surface area contributed by atoms with Crippen molar-refractivity contribution < 1.29 is 0 Å². The van der Waals surface area contributed by atoms with E-state index in [-0.39, 0.29) is 0 Å². The average Bonchev–Trinajstić information content (AvgIpc) is 2.43. The van der Waals surface area contributed by atoms with Crippen LogP contribution in [0.1, 0.15) is 26.2 Å². The van der Waals surface area contributed by atoms with Crippen LogP contribution in [0.3, 0.4) is 0 Å². The normalized spacial score (nSPS) is 22.5. The van der Waals surface area contributed by atoms with Crippen molar-refractivity contribution in [3.05, 3.63) is 17.5 Å². The first-order valence-electron chi connectivity index (χ1n) is 5.48. The Balaban J connectivity index is 2.09. The number of anilines is 1. The fourth-order valence-electron chi connectivity index (χ4n) is 1.99. The molecule has 0 aliphatic carbocycles. The van der Waals surface area contributed by atoms with Gasteiger partial charge in [-0.15, -0.1) is 0 Å². The van der Waals surface area contributed by atoms with E-state index in [4.69, 9.17) is 11.6 Å². The molecule has 1 aliphatic rings. The summed E-state index contributed by atoms with van der Waals surface area (Å²) < 4.78 is 0. The van der Waals surface area contributed by atoms with Crippen molar-refractivity contribution in [3.8, 4) is 0 Å². The van der Waals surface area contributed by atoms with Crippen molar-refractivity contribution >= 4 is 17.4 Å². The number of rotatable bonds is 1. The molecule has 0 radical (unpaired) electrons. The SMILES string of the molecule is CC1CCCN(c2cc(Cl)ncn2)CC1. The van der Waals surface area contributed by atoms with E-state index in [0.29, 0.717) is 5.15 Å². The Labute approximate surface area is 95.5 Å². The van der Waals surface area contributed by atoms with Crippen molar-refractivity contribution in [2.24, 2.45) is 5.92 Å². The molecule has 1 aromatic rings. The summed E-state index contributed by atoms with van der Waals surface area (Å²) in [5.74, 6) is 1.79. The molecule has 82 valence electrons. The highest BCUT2D eigenvalue weighted by atomic mass is 35.5. The van der Waals surface area contributed by atoms with E-state index in [1.54, 1.807) is 0 Å². The van der Waals surface area contributed by atoms with Gasteiger partial charge in [0.2, 0.25) is 0 Å². The van der Waals surface area contributed by atoms with Crippen LogP contribution in [0.15, 0.2) is 12.4 Å². The van der Waals surface area contributed by atoms with E-state index < -0.39 is 0 Å². The number of halogens is 1. The molecule has 1 atom stereocenters. The number of nitrogens with zero attached hydrogens (tertiary/aromatic N) is 3. The number of aromatic nitrogens is 2. The van der Waals surface area contributed by atoms with Crippen LogP contribution in [0.2, 0.25) is 5.15 Å². The van der Waals surface area contributed by atoms with Gasteiger partial charge in [0.1, 0.15) is 17.3 Å². The second kappa shape index (κ2) is 4.79. The largest absolute Gasteiger partial charge is 0.356 e. The second-order valence-electron chi connectivity index (χ2n) is 4.22. The van der Waals surface area contributed by atoms with Crippen LogP contribution in [0, 0.1) is 5.92 Å². The zero-order chi connectivity index (χ0) is 10.7. The van der Waals surface area contributed by atoms with E-state index >= 15 is 0 Å². The molecule has 1 fully saturated rings. The first kappa shape index (κ1) is 10.7. The molecule has 1 aromatic heterocycles. The molecule has 0 spiro atoms. The number of hydrogen-bond donors (Lipinski definition) is 0. The Bertz CT molecular complexity index is 329. The topological polar surface area (TPSA) is 29.0 Å². The highest BCUT2D eigenvalue weighted by Gasteiger charge is 2.15. The molecule has 0 aromatic carbocycles. The summed E-state index contributed by atoms with van der Waals surface area (Å²) in [6.07, 6.45) is 5.33. The van der Waals surface area contributed by atoms with Crippen LogP contribution < -0.4 is 4.90 Å². The van der Waals surface area contributed by atoms with E-state index in [9.17, 15) is 0 Å². The highest BCUT2D eigenvalue weighted by Crippen LogP contribution is 2.21. The van der Waals surface area contributed by atoms with E-state index in [1.165, 1.54) is 25.6 Å². The second-order valence-corrected chi connectivity index (χ2v) is 4.61. The van der Waals surface area contributed by atoms with Gasteiger partial charge >= 0.3 is 0 Å². The first-order chi connectivity index (χ1) is 7.25. The molecule has 0 N–H and O–H groups in total. The maximum absolute atomic E-state index is 5.86. The van der Waals surface area contributed by atoms with Gasteiger partial charge in [-0.2, -0.15) is 0 Å². The first-order valence-corrected chi connectivity index (χ1v) is 5.86. The van der Waals surface area contributed by atoms with Crippen molar-refractivity contribution in [3.63, 3.8) is 0 Å². The number of hydrogen-bond acceptors (Lipinski definition) is 3. The standard InChI is InChI=1S/C11H16ClN3/c1-9-3-2-5-15(6-4-9)11-7-10(12)13-8-14-11/h7-9H,2-6H2,1H3. The van der Waals surface area contributed by atoms with Gasteiger partial charge in [0, 0.05) is 19.2 Å². The van der Waals surface area contributed by atoms with Gasteiger partial charge in [-0.25, -0.2) is 9.97 Å². The molecular formula is C11H16ClN3. The molecule has 1 unspecified atom stereocenters. The van der Waals surface area contributed by atoms with E-state index in [0.717, 1.165) is 24.8 Å². The van der Waals surface area contributed by atoms with Crippen LogP contribution in [-0.4, -0.2) is 23.1 Å². The molecule has 0 saturated carbocycles. The minimum Gasteiger partial charge on any atom is -0.356 e. The fraction of sp³-hybridized carbons (Fsp3) is 0.636. The van der Waals surface area contributed by atoms with Gasteiger partial charge < -0.3 is 4.90 Å². The van der Waals surface area contributed by atoms with E-state index in [1.807, 2.05) is 6.07 Å². The van der Waals surface area contributed by atoms with Crippen molar-refractivity contribution in [1.29, 1.82) is 0 Å². The quantitative estimate of drug-likeness (QED) is 0.689. The molecule has 2 rings (SSSR count). The van der Waals surface area contributed by atoms with Gasteiger partial charge in [0.15, 0.2) is 0 Å². The summed E-state index contributed by atoms with van der Waals surface area (Å²) in [5.41, 5.74) is 0. The minimum absolute atomic E-state index is 0.525. The average molecular weight is 226 g/mol. The molecule has 2 heterocycles. The molecule has 0 bridgehead atoms. The van der Waals surface area contributed by atoms with Gasteiger partial charge in [-0.3, -0.25) is 0 Å². The Morgan fingerprint density at radius 1 is 1.33 bits per heavy atom. The minimum atomic E-state index is 0.525. The molecule has 3 nitrogen and oxygen atoms in total. The summed E-state index contributed by atoms with van der Waals surface area (Å²) in [5, 5.41) is 0.525. The predicted molar refractivity (Wildman–Crippen MR) is 62.3 cm³/mol. The molecule has 4 heteroatoms. The Kier molecular flexibility index (Phi) is 3.41. The van der Waals surface area contributed by atoms with Crippen LogP contribution >= 0.6 is 11.6 Å². The lowest BCUT2D eigenvalue weighted by molar-refractivity contribution is 0.521. The lowest BCUT2D eigenvalue weighted by Gasteiger charge is -2.21.